The van der Waals surface area contributed by atoms with Gasteiger partial charge in [0.05, 0.1) is 24.3 Å². The molecule has 0 unspecified atom stereocenters. The molecule has 0 aliphatic heterocycles. The van der Waals surface area contributed by atoms with Gasteiger partial charge in [0.15, 0.2) is 0 Å². The molecule has 4 rings (SSSR count). The van der Waals surface area contributed by atoms with Gasteiger partial charge >= 0.3 is 17.9 Å². The van der Waals surface area contributed by atoms with E-state index in [2.05, 4.69) is 13.8 Å². The van der Waals surface area contributed by atoms with E-state index in [1.54, 1.807) is 48.5 Å². The van der Waals surface area contributed by atoms with E-state index in [1.165, 1.54) is 50.7 Å². The van der Waals surface area contributed by atoms with E-state index >= 15 is 0 Å². The maximum absolute atomic E-state index is 13.3. The smallest absolute Gasteiger partial charge is 0.343 e. The van der Waals surface area contributed by atoms with E-state index in [-0.39, 0.29) is 34.6 Å². The number of carboxylic acids is 1. The van der Waals surface area contributed by atoms with Crippen molar-refractivity contribution in [3.8, 4) is 23.0 Å². The molecule has 0 bridgehead atoms. The Morgan fingerprint density at radius 2 is 1.06 bits per heavy atom. The van der Waals surface area contributed by atoms with Gasteiger partial charge in [-0.3, -0.25) is 0 Å². The number of hydrogen-bond donors (Lipinski definition) is 1. The molecular formula is C42H48O8. The molecule has 8 heteroatoms. The largest absolute Gasteiger partial charge is 0.494 e. The van der Waals surface area contributed by atoms with Crippen LogP contribution in [0.3, 0.4) is 0 Å². The highest BCUT2D eigenvalue weighted by molar-refractivity contribution is 5.97. The minimum absolute atomic E-state index is 0.0155. The van der Waals surface area contributed by atoms with Gasteiger partial charge in [-0.1, -0.05) is 95.5 Å². The Morgan fingerprint density at radius 3 is 1.56 bits per heavy atom. The van der Waals surface area contributed by atoms with Gasteiger partial charge in [0.25, 0.3) is 0 Å². The van der Waals surface area contributed by atoms with Gasteiger partial charge in [0.1, 0.15) is 28.6 Å². The summed E-state index contributed by atoms with van der Waals surface area (Å²) in [5.74, 6) is -1.52. The first kappa shape index (κ1) is 37.7. The molecule has 4 aromatic rings. The molecule has 4 aromatic carbocycles. The number of esters is 2. The van der Waals surface area contributed by atoms with Crippen molar-refractivity contribution < 1.29 is 38.4 Å². The molecule has 0 spiro atoms. The summed E-state index contributed by atoms with van der Waals surface area (Å²) in [7, 11) is 0. The fourth-order valence-electron chi connectivity index (χ4n) is 5.43. The molecule has 0 aromatic heterocycles. The summed E-state index contributed by atoms with van der Waals surface area (Å²) in [6.07, 6.45) is 11.5. The predicted molar refractivity (Wildman–Crippen MR) is 194 cm³/mol. The number of carbonyl (C=O) groups is 3. The second-order valence-electron chi connectivity index (χ2n) is 12.3. The molecule has 0 aliphatic carbocycles. The average molecular weight is 681 g/mol. The van der Waals surface area contributed by atoms with Crippen molar-refractivity contribution in [3.63, 3.8) is 0 Å². The molecule has 0 radical (unpaired) electrons. The lowest BCUT2D eigenvalue weighted by molar-refractivity contribution is 0.0669. The summed E-state index contributed by atoms with van der Waals surface area (Å²) in [5, 5.41) is 10.2. The van der Waals surface area contributed by atoms with Crippen LogP contribution in [0.25, 0.3) is 0 Å². The highest BCUT2D eigenvalue weighted by Crippen LogP contribution is 2.33. The fourth-order valence-corrected chi connectivity index (χ4v) is 5.43. The van der Waals surface area contributed by atoms with Gasteiger partial charge in [-0.25, -0.2) is 14.4 Å². The van der Waals surface area contributed by atoms with E-state index in [0.717, 1.165) is 31.2 Å². The number of rotatable bonds is 21. The summed E-state index contributed by atoms with van der Waals surface area (Å²) in [5.41, 5.74) is 1.43. The maximum atomic E-state index is 13.3. The lowest BCUT2D eigenvalue weighted by Crippen LogP contribution is -2.15. The molecule has 264 valence electrons. The van der Waals surface area contributed by atoms with E-state index < -0.39 is 17.9 Å². The first-order valence-corrected chi connectivity index (χ1v) is 17.7. The maximum Gasteiger partial charge on any atom is 0.343 e. The standard InChI is InChI=1S/C42H48O8/c1-3-5-7-9-14-26-47-35-22-18-32(19-23-35)41(45)49-37-29-34(28-31-16-12-11-13-17-31)39(38(30-37)40(43)44)50-42(46)33-20-24-36(25-21-33)48-27-15-10-8-6-4-2/h11-13,16-25,29-30H,3-10,14-15,26-28H2,1-2H3,(H,43,44). The quantitative estimate of drug-likeness (QED) is 0.0526. The molecule has 1 N–H and O–H groups in total. The van der Waals surface area contributed by atoms with Gasteiger partial charge in [-0.2, -0.15) is 0 Å². The van der Waals surface area contributed by atoms with Crippen molar-refractivity contribution in [1.29, 1.82) is 0 Å². The summed E-state index contributed by atoms with van der Waals surface area (Å²) in [6, 6.07) is 25.3. The Hall–Kier alpha value is -5.11. The van der Waals surface area contributed by atoms with Gasteiger partial charge in [0.2, 0.25) is 0 Å². The molecular weight excluding hydrogens is 632 g/mol. The number of carbonyl (C=O) groups excluding carboxylic acids is 2. The summed E-state index contributed by atoms with van der Waals surface area (Å²) in [6.45, 7) is 5.55. The summed E-state index contributed by atoms with van der Waals surface area (Å²) in [4.78, 5) is 39.0. The lowest BCUT2D eigenvalue weighted by atomic mass is 10.0. The Labute approximate surface area is 295 Å². The summed E-state index contributed by atoms with van der Waals surface area (Å²) >= 11 is 0. The van der Waals surface area contributed by atoms with Crippen LogP contribution in [0.5, 0.6) is 23.0 Å². The van der Waals surface area contributed by atoms with Gasteiger partial charge < -0.3 is 24.1 Å². The normalized spacial score (nSPS) is 10.8. The molecule has 0 saturated carbocycles. The van der Waals surface area contributed by atoms with Crippen LogP contribution in [-0.4, -0.2) is 36.2 Å². The van der Waals surface area contributed by atoms with Crippen LogP contribution in [0, 0.1) is 0 Å². The van der Waals surface area contributed by atoms with Crippen LogP contribution in [-0.2, 0) is 6.42 Å². The van der Waals surface area contributed by atoms with Gasteiger partial charge in [-0.15, -0.1) is 0 Å². The number of ether oxygens (including phenoxy) is 4. The van der Waals surface area contributed by atoms with Crippen LogP contribution >= 0.6 is 0 Å². The van der Waals surface area contributed by atoms with E-state index in [9.17, 15) is 19.5 Å². The summed E-state index contributed by atoms with van der Waals surface area (Å²) < 4.78 is 23.1. The fraction of sp³-hybridized carbons (Fsp3) is 0.357. The zero-order valence-corrected chi connectivity index (χ0v) is 29.2. The minimum atomic E-state index is -1.33. The van der Waals surface area contributed by atoms with Crippen LogP contribution in [0.4, 0.5) is 0 Å². The Bertz CT molecular complexity index is 1650. The Morgan fingerprint density at radius 1 is 0.560 bits per heavy atom. The van der Waals surface area contributed by atoms with Gasteiger partial charge in [0, 0.05) is 12.0 Å². The lowest BCUT2D eigenvalue weighted by Gasteiger charge is -2.16. The first-order valence-electron chi connectivity index (χ1n) is 17.7. The number of aromatic carboxylic acids is 1. The second-order valence-corrected chi connectivity index (χ2v) is 12.3. The molecule has 50 heavy (non-hydrogen) atoms. The molecule has 0 atom stereocenters. The average Bonchev–Trinajstić information content (AvgIpc) is 3.13. The molecule has 8 nitrogen and oxygen atoms in total. The molecule has 0 aliphatic rings. The third-order valence-electron chi connectivity index (χ3n) is 8.23. The molecule has 0 fully saturated rings. The van der Waals surface area contributed by atoms with Crippen LogP contribution in [0.2, 0.25) is 0 Å². The number of benzene rings is 4. The molecule has 0 heterocycles. The van der Waals surface area contributed by atoms with Crippen molar-refractivity contribution in [2.45, 2.75) is 84.5 Å². The topological polar surface area (TPSA) is 108 Å². The highest BCUT2D eigenvalue weighted by atomic mass is 16.5. The van der Waals surface area contributed by atoms with E-state index in [0.29, 0.717) is 30.3 Å². The van der Waals surface area contributed by atoms with Crippen molar-refractivity contribution in [1.82, 2.24) is 0 Å². The number of carboxylic acid groups (broad SMARTS) is 1. The van der Waals surface area contributed by atoms with Gasteiger partial charge in [-0.05, 0) is 79.1 Å². The SMILES string of the molecule is CCCCCCCOc1ccc(C(=O)Oc2cc(Cc3ccccc3)c(OC(=O)c3ccc(OCCCCCCC)cc3)c(C(=O)O)c2)cc1. The number of hydrogen-bond acceptors (Lipinski definition) is 7. The highest BCUT2D eigenvalue weighted by Gasteiger charge is 2.23. The van der Waals surface area contributed by atoms with E-state index in [4.69, 9.17) is 18.9 Å². The third kappa shape index (κ3) is 12.1. The van der Waals surface area contributed by atoms with Crippen molar-refractivity contribution in [2.24, 2.45) is 0 Å². The number of unbranched alkanes of at least 4 members (excludes halogenated alkanes) is 8. The van der Waals surface area contributed by atoms with Crippen LogP contribution in [0.1, 0.15) is 120 Å². The Balaban J connectivity index is 1.48. The predicted octanol–water partition coefficient (Wildman–Crippen LogP) is 10.1. The Kier molecular flexibility index (Phi) is 15.4. The zero-order valence-electron chi connectivity index (χ0n) is 29.2. The molecule has 0 amide bonds. The molecule has 0 saturated heterocycles. The monoisotopic (exact) mass is 680 g/mol. The second kappa shape index (κ2) is 20.4. The first-order chi connectivity index (χ1) is 24.4. The minimum Gasteiger partial charge on any atom is -0.494 e. The van der Waals surface area contributed by atoms with Crippen LogP contribution < -0.4 is 18.9 Å². The third-order valence-corrected chi connectivity index (χ3v) is 8.23. The van der Waals surface area contributed by atoms with Crippen molar-refractivity contribution >= 4 is 17.9 Å². The van der Waals surface area contributed by atoms with Crippen LogP contribution in [0.15, 0.2) is 91.0 Å². The van der Waals surface area contributed by atoms with Crippen molar-refractivity contribution in [3.05, 3.63) is 119 Å². The van der Waals surface area contributed by atoms with Crippen molar-refractivity contribution in [2.75, 3.05) is 13.2 Å². The zero-order chi connectivity index (χ0) is 35.6. The van der Waals surface area contributed by atoms with E-state index in [1.807, 2.05) is 30.3 Å².